The Morgan fingerprint density at radius 3 is 2.75 bits per heavy atom. The number of halogens is 2. The number of carbonyl (C=O) groups excluding carboxylic acids is 1. The third kappa shape index (κ3) is 1.61. The number of hydrogen-bond acceptors (Lipinski definition) is 1. The molecule has 0 unspecified atom stereocenters. The molecule has 0 saturated heterocycles. The van der Waals surface area contributed by atoms with Crippen LogP contribution in [0.4, 0.5) is 4.39 Å². The van der Waals surface area contributed by atoms with Gasteiger partial charge in [0.05, 0.1) is 5.56 Å². The lowest BCUT2D eigenvalue weighted by atomic mass is 10.1. The largest absolute Gasteiger partial charge is 0.289 e. The van der Waals surface area contributed by atoms with Crippen molar-refractivity contribution >= 4 is 21.7 Å². The number of benzene rings is 1. The molecular weight excluding hydrogens is 223 g/mol. The third-order valence-electron chi connectivity index (χ3n) is 1.39. The van der Waals surface area contributed by atoms with E-state index in [-0.39, 0.29) is 5.56 Å². The molecule has 1 rings (SSSR count). The zero-order valence-corrected chi connectivity index (χ0v) is 7.77. The molecule has 1 nitrogen and oxygen atoms in total. The molecule has 0 atom stereocenters. The van der Waals surface area contributed by atoms with Gasteiger partial charge < -0.3 is 0 Å². The molecular formula is C9H6BrFO. The number of carbonyl (C=O) groups is 1. The molecule has 62 valence electrons. The number of rotatable bonds is 2. The van der Waals surface area contributed by atoms with Gasteiger partial charge in [-0.05, 0) is 34.1 Å². The first-order chi connectivity index (χ1) is 5.66. The highest BCUT2D eigenvalue weighted by Gasteiger charge is 2.11. The van der Waals surface area contributed by atoms with Crippen molar-refractivity contribution in [3.8, 4) is 0 Å². The molecule has 1 aromatic carbocycles. The number of allylic oxidation sites excluding steroid dienone is 1. The van der Waals surface area contributed by atoms with Gasteiger partial charge in [0.2, 0.25) is 0 Å². The Kier molecular flexibility index (Phi) is 2.76. The molecule has 1 aromatic rings. The van der Waals surface area contributed by atoms with E-state index in [1.54, 1.807) is 6.07 Å². The average molecular weight is 229 g/mol. The molecule has 0 saturated carbocycles. The van der Waals surface area contributed by atoms with E-state index in [1.165, 1.54) is 12.1 Å². The van der Waals surface area contributed by atoms with Crippen molar-refractivity contribution in [2.75, 3.05) is 0 Å². The lowest BCUT2D eigenvalue weighted by Crippen LogP contribution is -1.99. The molecule has 0 fully saturated rings. The van der Waals surface area contributed by atoms with Crippen LogP contribution in [-0.4, -0.2) is 5.78 Å². The highest BCUT2D eigenvalue weighted by Crippen LogP contribution is 2.20. The van der Waals surface area contributed by atoms with E-state index in [9.17, 15) is 9.18 Å². The van der Waals surface area contributed by atoms with Gasteiger partial charge in [-0.1, -0.05) is 12.6 Å². The van der Waals surface area contributed by atoms with Gasteiger partial charge in [0.1, 0.15) is 5.82 Å². The van der Waals surface area contributed by atoms with Crippen LogP contribution in [0, 0.1) is 5.82 Å². The highest BCUT2D eigenvalue weighted by atomic mass is 79.9. The second-order valence-corrected chi connectivity index (χ2v) is 3.02. The lowest BCUT2D eigenvalue weighted by molar-refractivity contribution is 0.104. The third-order valence-corrected chi connectivity index (χ3v) is 2.06. The normalized spacial score (nSPS) is 9.50. The van der Waals surface area contributed by atoms with Gasteiger partial charge in [0, 0.05) is 4.47 Å². The summed E-state index contributed by atoms with van der Waals surface area (Å²) in [7, 11) is 0. The summed E-state index contributed by atoms with van der Waals surface area (Å²) >= 11 is 3.08. The Bertz CT molecular complexity index is 313. The van der Waals surface area contributed by atoms with Gasteiger partial charge in [-0.2, -0.15) is 0 Å². The van der Waals surface area contributed by atoms with Crippen LogP contribution in [0.5, 0.6) is 0 Å². The van der Waals surface area contributed by atoms with Gasteiger partial charge in [-0.25, -0.2) is 4.39 Å². The zero-order valence-electron chi connectivity index (χ0n) is 6.18. The van der Waals surface area contributed by atoms with Gasteiger partial charge in [-0.15, -0.1) is 0 Å². The highest BCUT2D eigenvalue weighted by molar-refractivity contribution is 9.10. The maximum absolute atomic E-state index is 13.0. The fourth-order valence-corrected chi connectivity index (χ4v) is 1.37. The van der Waals surface area contributed by atoms with E-state index >= 15 is 0 Å². The van der Waals surface area contributed by atoms with Crippen LogP contribution in [0.15, 0.2) is 35.3 Å². The maximum atomic E-state index is 13.0. The predicted octanol–water partition coefficient (Wildman–Crippen LogP) is 2.96. The van der Waals surface area contributed by atoms with E-state index in [0.717, 1.165) is 6.08 Å². The molecule has 0 aromatic heterocycles. The van der Waals surface area contributed by atoms with Crippen LogP contribution < -0.4 is 0 Å². The van der Waals surface area contributed by atoms with Crippen molar-refractivity contribution in [1.82, 2.24) is 0 Å². The Balaban J connectivity index is 3.30. The topological polar surface area (TPSA) is 17.1 Å². The number of ketones is 1. The lowest BCUT2D eigenvalue weighted by Gasteiger charge is -2.00. The second kappa shape index (κ2) is 3.63. The first-order valence-corrected chi connectivity index (χ1v) is 4.07. The molecule has 0 N–H and O–H groups in total. The Hall–Kier alpha value is -0.960. The molecule has 0 radical (unpaired) electrons. The van der Waals surface area contributed by atoms with Gasteiger partial charge in [0.25, 0.3) is 0 Å². The summed E-state index contributed by atoms with van der Waals surface area (Å²) < 4.78 is 13.4. The predicted molar refractivity (Wildman–Crippen MR) is 48.6 cm³/mol. The maximum Gasteiger partial charge on any atom is 0.189 e. The van der Waals surface area contributed by atoms with E-state index in [0.29, 0.717) is 4.47 Å². The van der Waals surface area contributed by atoms with E-state index in [4.69, 9.17) is 0 Å². The summed E-state index contributed by atoms with van der Waals surface area (Å²) in [4.78, 5) is 11.1. The quantitative estimate of drug-likeness (QED) is 0.562. The summed E-state index contributed by atoms with van der Waals surface area (Å²) in [6.07, 6.45) is 1.09. The molecule has 0 amide bonds. The SMILES string of the molecule is C=CC(=O)c1c(F)cccc1Br. The minimum absolute atomic E-state index is 0.0347. The van der Waals surface area contributed by atoms with Crippen LogP contribution in [0.1, 0.15) is 10.4 Å². The first kappa shape index (κ1) is 9.13. The average Bonchev–Trinajstić information content (AvgIpc) is 2.03. The monoisotopic (exact) mass is 228 g/mol. The Morgan fingerprint density at radius 1 is 1.58 bits per heavy atom. The first-order valence-electron chi connectivity index (χ1n) is 3.27. The molecule has 3 heteroatoms. The molecule has 0 bridgehead atoms. The molecule has 0 aliphatic carbocycles. The summed E-state index contributed by atoms with van der Waals surface area (Å²) in [5.41, 5.74) is 0.0347. The minimum atomic E-state index is -0.533. The van der Waals surface area contributed by atoms with Crippen molar-refractivity contribution < 1.29 is 9.18 Å². The van der Waals surface area contributed by atoms with Crippen molar-refractivity contribution in [3.63, 3.8) is 0 Å². The van der Waals surface area contributed by atoms with E-state index in [1.807, 2.05) is 0 Å². The van der Waals surface area contributed by atoms with Gasteiger partial charge >= 0.3 is 0 Å². The standard InChI is InChI=1S/C9H6BrFO/c1-2-8(12)9-6(10)4-3-5-7(9)11/h2-5H,1H2. The smallest absolute Gasteiger partial charge is 0.189 e. The van der Waals surface area contributed by atoms with E-state index < -0.39 is 11.6 Å². The second-order valence-electron chi connectivity index (χ2n) is 2.17. The van der Waals surface area contributed by atoms with Crippen LogP contribution in [-0.2, 0) is 0 Å². The Morgan fingerprint density at radius 2 is 2.25 bits per heavy atom. The summed E-state index contributed by atoms with van der Waals surface area (Å²) in [5.74, 6) is -0.950. The zero-order chi connectivity index (χ0) is 9.14. The molecule has 0 aliphatic rings. The van der Waals surface area contributed by atoms with Crippen LogP contribution in [0.3, 0.4) is 0 Å². The van der Waals surface area contributed by atoms with Crippen LogP contribution in [0.2, 0.25) is 0 Å². The van der Waals surface area contributed by atoms with Crippen molar-refractivity contribution in [2.45, 2.75) is 0 Å². The van der Waals surface area contributed by atoms with Crippen LogP contribution in [0.25, 0.3) is 0 Å². The van der Waals surface area contributed by atoms with Crippen molar-refractivity contribution in [3.05, 3.63) is 46.7 Å². The number of hydrogen-bond donors (Lipinski definition) is 0. The summed E-state index contributed by atoms with van der Waals surface area (Å²) in [6.45, 7) is 3.28. The molecule has 0 aliphatic heterocycles. The van der Waals surface area contributed by atoms with Crippen LogP contribution >= 0.6 is 15.9 Å². The molecule has 0 heterocycles. The van der Waals surface area contributed by atoms with Gasteiger partial charge in [-0.3, -0.25) is 4.79 Å². The van der Waals surface area contributed by atoms with Crippen molar-refractivity contribution in [2.24, 2.45) is 0 Å². The summed E-state index contributed by atoms with van der Waals surface area (Å²) in [6, 6.07) is 4.38. The summed E-state index contributed by atoms with van der Waals surface area (Å²) in [5, 5.41) is 0. The minimum Gasteiger partial charge on any atom is -0.289 e. The fourth-order valence-electron chi connectivity index (χ4n) is 0.835. The van der Waals surface area contributed by atoms with E-state index in [2.05, 4.69) is 22.5 Å². The molecule has 0 spiro atoms. The Labute approximate surface area is 78.0 Å². The molecule has 12 heavy (non-hydrogen) atoms. The van der Waals surface area contributed by atoms with Crippen molar-refractivity contribution in [1.29, 1.82) is 0 Å². The van der Waals surface area contributed by atoms with Gasteiger partial charge in [0.15, 0.2) is 5.78 Å². The fraction of sp³-hybridized carbons (Fsp3) is 0.